The molecule has 1 N–H and O–H groups in total. The van der Waals surface area contributed by atoms with E-state index in [9.17, 15) is 13.2 Å². The lowest BCUT2D eigenvalue weighted by Crippen LogP contribution is -2.52. The average molecular weight is 563 g/mol. The molecule has 1 unspecified atom stereocenters. The van der Waals surface area contributed by atoms with E-state index in [-0.39, 0.29) is 24.4 Å². The quantitative estimate of drug-likeness (QED) is 0.197. The van der Waals surface area contributed by atoms with Crippen LogP contribution in [0.5, 0.6) is 0 Å². The number of nitrogens with zero attached hydrogens (tertiary/aromatic N) is 1. The largest absolute Gasteiger partial charge is 0.465 e. The summed E-state index contributed by atoms with van der Waals surface area (Å²) >= 11 is 0. The van der Waals surface area contributed by atoms with Gasteiger partial charge in [0.1, 0.15) is 6.04 Å². The van der Waals surface area contributed by atoms with Gasteiger partial charge in [-0.3, -0.25) is 10.1 Å². The number of carbonyl (C=O) groups is 1. The van der Waals surface area contributed by atoms with Crippen molar-refractivity contribution in [1.29, 1.82) is 0 Å². The van der Waals surface area contributed by atoms with Gasteiger partial charge in [0.15, 0.2) is 0 Å². The molecule has 0 radical (unpaired) electrons. The molecular weight excluding hydrogens is 525 g/mol. The Morgan fingerprint density at radius 3 is 2.10 bits per heavy atom. The normalized spacial score (nSPS) is 20.1. The van der Waals surface area contributed by atoms with Gasteiger partial charge in [0.05, 0.1) is 17.9 Å². The van der Waals surface area contributed by atoms with Gasteiger partial charge in [0.2, 0.25) is 10.0 Å². The third-order valence-electron chi connectivity index (χ3n) is 7.76. The van der Waals surface area contributed by atoms with E-state index in [1.54, 1.807) is 11.2 Å². The molecule has 0 saturated carbocycles. The van der Waals surface area contributed by atoms with E-state index in [0.717, 1.165) is 33.9 Å². The molecule has 5 rings (SSSR count). The minimum Gasteiger partial charge on any atom is -0.465 e. The fourth-order valence-electron chi connectivity index (χ4n) is 5.71. The first-order chi connectivity index (χ1) is 18.6. The molecule has 1 aliphatic carbocycles. The number of benzene rings is 3. The predicted octanol–water partition coefficient (Wildman–Crippen LogP) is 5.22. The number of ether oxygens (including phenoxy) is 1. The maximum atomic E-state index is 13.5. The molecule has 6 nitrogen and oxygen atoms in total. The molecule has 1 saturated heterocycles. The summed E-state index contributed by atoms with van der Waals surface area (Å²) in [6, 6.07) is 26.5. The smallest absolute Gasteiger partial charge is 0.323 e. The van der Waals surface area contributed by atoms with Crippen molar-refractivity contribution in [3.05, 3.63) is 95.6 Å². The van der Waals surface area contributed by atoms with E-state index in [4.69, 9.17) is 4.74 Å². The number of rotatable bonds is 11. The van der Waals surface area contributed by atoms with Gasteiger partial charge < -0.3 is 4.74 Å². The average Bonchev–Trinajstić information content (AvgIpc) is 3.65. The first kappa shape index (κ1) is 27.8. The highest BCUT2D eigenvalue weighted by Crippen LogP contribution is 2.51. The van der Waals surface area contributed by atoms with E-state index in [2.05, 4.69) is 61.4 Å². The van der Waals surface area contributed by atoms with Crippen LogP contribution in [0.3, 0.4) is 0 Å². The SMILES string of the molecule is CCOC(=O)[C@@H](C[C@@H]1CN1S(=O)(=O)CC[Si](C)(C)C)NC1(c2ccccc2)c2ccccc2-c2ccccc21. The van der Waals surface area contributed by atoms with Crippen LogP contribution in [0.2, 0.25) is 25.7 Å². The summed E-state index contributed by atoms with van der Waals surface area (Å²) < 4.78 is 33.3. The molecule has 0 bridgehead atoms. The summed E-state index contributed by atoms with van der Waals surface area (Å²) in [6.45, 7) is 9.05. The van der Waals surface area contributed by atoms with Crippen LogP contribution < -0.4 is 5.32 Å². The van der Waals surface area contributed by atoms with Crippen LogP contribution in [0.15, 0.2) is 78.9 Å². The summed E-state index contributed by atoms with van der Waals surface area (Å²) in [5, 5.41) is 3.75. The Hall–Kier alpha value is -2.78. The zero-order valence-corrected chi connectivity index (χ0v) is 25.0. The minimum absolute atomic E-state index is 0.172. The van der Waals surface area contributed by atoms with Crippen LogP contribution in [-0.4, -0.2) is 57.8 Å². The molecule has 0 amide bonds. The third-order valence-corrected chi connectivity index (χ3v) is 11.8. The van der Waals surface area contributed by atoms with Crippen molar-refractivity contribution < 1.29 is 17.9 Å². The number of sulfonamides is 1. The lowest BCUT2D eigenvalue weighted by Gasteiger charge is -2.37. The van der Waals surface area contributed by atoms with Crippen LogP contribution in [-0.2, 0) is 25.1 Å². The van der Waals surface area contributed by atoms with E-state index < -0.39 is 29.7 Å². The molecule has 0 aromatic heterocycles. The van der Waals surface area contributed by atoms with Crippen molar-refractivity contribution in [2.45, 2.75) is 56.7 Å². The van der Waals surface area contributed by atoms with Crippen molar-refractivity contribution in [1.82, 2.24) is 9.62 Å². The maximum Gasteiger partial charge on any atom is 0.323 e. The first-order valence-corrected chi connectivity index (χ1v) is 19.1. The number of esters is 1. The third kappa shape index (κ3) is 5.48. The molecule has 3 atom stereocenters. The Morgan fingerprint density at radius 1 is 0.974 bits per heavy atom. The molecule has 39 heavy (non-hydrogen) atoms. The topological polar surface area (TPSA) is 75.5 Å². The zero-order valence-electron chi connectivity index (χ0n) is 23.2. The van der Waals surface area contributed by atoms with Crippen LogP contribution in [0.25, 0.3) is 11.1 Å². The van der Waals surface area contributed by atoms with Gasteiger partial charge in [0.25, 0.3) is 0 Å². The predicted molar refractivity (Wildman–Crippen MR) is 159 cm³/mol. The second-order valence-electron chi connectivity index (χ2n) is 11.7. The number of hydrogen-bond donors (Lipinski definition) is 1. The Labute approximate surface area is 233 Å². The number of nitrogens with one attached hydrogen (secondary N) is 1. The van der Waals surface area contributed by atoms with E-state index in [0.29, 0.717) is 13.0 Å². The fourth-order valence-corrected chi connectivity index (χ4v) is 10.4. The molecule has 1 heterocycles. The number of hydrogen-bond acceptors (Lipinski definition) is 5. The first-order valence-electron chi connectivity index (χ1n) is 13.8. The van der Waals surface area contributed by atoms with Crippen molar-refractivity contribution in [3.8, 4) is 11.1 Å². The Bertz CT molecular complexity index is 1410. The summed E-state index contributed by atoms with van der Waals surface area (Å²) in [7, 11) is -4.86. The van der Waals surface area contributed by atoms with Gasteiger partial charge in [-0.05, 0) is 47.2 Å². The molecule has 3 aromatic rings. The Kier molecular flexibility index (Phi) is 7.58. The number of fused-ring (bicyclic) bond motifs is 3. The van der Waals surface area contributed by atoms with Gasteiger partial charge in [-0.25, -0.2) is 8.42 Å². The maximum absolute atomic E-state index is 13.5. The van der Waals surface area contributed by atoms with Gasteiger partial charge in [-0.2, -0.15) is 4.31 Å². The van der Waals surface area contributed by atoms with Crippen LogP contribution in [0.1, 0.15) is 30.0 Å². The van der Waals surface area contributed by atoms with Gasteiger partial charge >= 0.3 is 5.97 Å². The summed E-state index contributed by atoms with van der Waals surface area (Å²) in [4.78, 5) is 13.5. The highest BCUT2D eigenvalue weighted by Gasteiger charge is 2.50. The van der Waals surface area contributed by atoms with Crippen molar-refractivity contribution in [3.63, 3.8) is 0 Å². The molecule has 2 aliphatic rings. The van der Waals surface area contributed by atoms with Crippen LogP contribution in [0, 0.1) is 0 Å². The zero-order chi connectivity index (χ0) is 27.8. The summed E-state index contributed by atoms with van der Waals surface area (Å²) in [5.41, 5.74) is 4.61. The molecule has 8 heteroatoms. The van der Waals surface area contributed by atoms with Crippen molar-refractivity contribution >= 4 is 24.1 Å². The molecule has 3 aromatic carbocycles. The van der Waals surface area contributed by atoms with Crippen molar-refractivity contribution in [2.24, 2.45) is 0 Å². The monoisotopic (exact) mass is 562 g/mol. The van der Waals surface area contributed by atoms with E-state index in [1.807, 2.05) is 42.5 Å². The van der Waals surface area contributed by atoms with Crippen LogP contribution in [0.4, 0.5) is 0 Å². The Morgan fingerprint density at radius 2 is 1.54 bits per heavy atom. The van der Waals surface area contributed by atoms with Gasteiger partial charge in [0, 0.05) is 20.7 Å². The van der Waals surface area contributed by atoms with Gasteiger partial charge in [-0.1, -0.05) is 98.5 Å². The highest BCUT2D eigenvalue weighted by molar-refractivity contribution is 7.89. The Balaban J connectivity index is 1.52. The second kappa shape index (κ2) is 10.7. The molecule has 1 aliphatic heterocycles. The molecule has 0 spiro atoms. The molecule has 206 valence electrons. The second-order valence-corrected chi connectivity index (χ2v) is 19.4. The lowest BCUT2D eigenvalue weighted by atomic mass is 9.79. The highest BCUT2D eigenvalue weighted by atomic mass is 32.2. The fraction of sp³-hybridized carbons (Fsp3) is 0.387. The lowest BCUT2D eigenvalue weighted by molar-refractivity contribution is -0.146. The van der Waals surface area contributed by atoms with E-state index >= 15 is 0 Å². The minimum atomic E-state index is -3.36. The molecule has 1 fully saturated rings. The van der Waals surface area contributed by atoms with E-state index in [1.165, 1.54) is 0 Å². The van der Waals surface area contributed by atoms with Crippen LogP contribution >= 0.6 is 0 Å². The van der Waals surface area contributed by atoms with Crippen molar-refractivity contribution in [2.75, 3.05) is 18.9 Å². The van der Waals surface area contributed by atoms with Gasteiger partial charge in [-0.15, -0.1) is 0 Å². The summed E-state index contributed by atoms with van der Waals surface area (Å²) in [5.74, 6) is -0.188. The summed E-state index contributed by atoms with van der Waals surface area (Å²) in [6.07, 6.45) is 0.351. The molecular formula is C31H38N2O4SSi. The standard InChI is InChI=1S/C31H38N2O4SSi/c1-5-37-30(34)29(21-24-22-33(24)38(35,36)19-20-39(2,3)4)32-31(23-13-7-6-8-14-23)27-17-11-9-15-25(27)26-16-10-12-18-28(26)31/h6-18,24,29,32H,5,19-22H2,1-4H3/t24-,29-,33?/m1/s1. The number of carbonyl (C=O) groups excluding carboxylic acids is 1.